The van der Waals surface area contributed by atoms with Gasteiger partial charge in [-0.15, -0.1) is 11.3 Å². The maximum Gasteiger partial charge on any atom is 0.0641 e. The second-order valence-corrected chi connectivity index (χ2v) is 9.51. The maximum absolute atomic E-state index is 6.63. The first-order valence-corrected chi connectivity index (χ1v) is 12.1. The van der Waals surface area contributed by atoms with Crippen molar-refractivity contribution in [2.24, 2.45) is 0 Å². The van der Waals surface area contributed by atoms with Crippen LogP contribution >= 0.6 is 22.9 Å². The highest BCUT2D eigenvalue weighted by Gasteiger charge is 2.11. The van der Waals surface area contributed by atoms with Gasteiger partial charge in [0.2, 0.25) is 0 Å². The van der Waals surface area contributed by atoms with Gasteiger partial charge in [-0.1, -0.05) is 96.5 Å². The minimum absolute atomic E-state index is 0.705. The Bertz CT molecular complexity index is 1600. The Labute approximate surface area is 201 Å². The Hall–Kier alpha value is -3.59. The molecular formula is C30H20ClNS. The van der Waals surface area contributed by atoms with Crippen LogP contribution in [0.3, 0.4) is 0 Å². The summed E-state index contributed by atoms with van der Waals surface area (Å²) in [5, 5.41) is 6.87. The van der Waals surface area contributed by atoms with Gasteiger partial charge in [0.15, 0.2) is 0 Å². The molecule has 5 aromatic carbocycles. The zero-order valence-corrected chi connectivity index (χ0v) is 19.3. The van der Waals surface area contributed by atoms with Gasteiger partial charge in [-0.05, 0) is 52.6 Å². The number of rotatable bonds is 4. The van der Waals surface area contributed by atoms with Crippen molar-refractivity contribution in [2.45, 2.75) is 0 Å². The van der Waals surface area contributed by atoms with E-state index in [4.69, 9.17) is 11.6 Å². The highest BCUT2D eigenvalue weighted by atomic mass is 35.5. The molecular weight excluding hydrogens is 442 g/mol. The topological polar surface area (TPSA) is 12.0 Å². The van der Waals surface area contributed by atoms with Crippen LogP contribution in [-0.4, -0.2) is 0 Å². The van der Waals surface area contributed by atoms with Crippen molar-refractivity contribution in [3.8, 4) is 22.3 Å². The summed E-state index contributed by atoms with van der Waals surface area (Å²) in [6.07, 6.45) is 0. The van der Waals surface area contributed by atoms with E-state index in [-0.39, 0.29) is 0 Å². The van der Waals surface area contributed by atoms with Crippen LogP contribution in [0, 0.1) is 0 Å². The molecule has 0 saturated carbocycles. The zero-order valence-electron chi connectivity index (χ0n) is 17.8. The van der Waals surface area contributed by atoms with Crippen molar-refractivity contribution in [3.05, 3.63) is 120 Å². The summed E-state index contributed by atoms with van der Waals surface area (Å²) in [7, 11) is 0. The molecule has 1 N–H and O–H groups in total. The first-order valence-electron chi connectivity index (χ1n) is 10.9. The lowest BCUT2D eigenvalue weighted by molar-refractivity contribution is 1.56. The third kappa shape index (κ3) is 3.78. The molecule has 0 aliphatic rings. The molecule has 1 aromatic heterocycles. The second kappa shape index (κ2) is 8.40. The maximum atomic E-state index is 6.63. The predicted molar refractivity (Wildman–Crippen MR) is 145 cm³/mol. The zero-order chi connectivity index (χ0) is 22.2. The van der Waals surface area contributed by atoms with Crippen LogP contribution in [-0.2, 0) is 0 Å². The fourth-order valence-corrected chi connectivity index (χ4v) is 5.64. The molecule has 6 aromatic rings. The smallest absolute Gasteiger partial charge is 0.0641 e. The lowest BCUT2D eigenvalue weighted by atomic mass is 9.99. The van der Waals surface area contributed by atoms with E-state index in [9.17, 15) is 0 Å². The molecule has 0 unspecified atom stereocenters. The summed E-state index contributed by atoms with van der Waals surface area (Å²) < 4.78 is 2.53. The average molecular weight is 462 g/mol. The first kappa shape index (κ1) is 20.0. The number of benzene rings is 5. The summed E-state index contributed by atoms with van der Waals surface area (Å²) in [5.41, 5.74) is 6.69. The largest absolute Gasteiger partial charge is 0.353 e. The fraction of sp³-hybridized carbons (Fsp3) is 0. The molecule has 0 atom stereocenters. The van der Waals surface area contributed by atoms with Gasteiger partial charge in [-0.3, -0.25) is 0 Å². The molecule has 0 radical (unpaired) electrons. The summed E-state index contributed by atoms with van der Waals surface area (Å²) in [4.78, 5) is 0. The van der Waals surface area contributed by atoms with Gasteiger partial charge in [-0.25, -0.2) is 0 Å². The van der Waals surface area contributed by atoms with Crippen LogP contribution in [0.1, 0.15) is 0 Å². The Morgan fingerprint density at radius 1 is 0.515 bits per heavy atom. The van der Waals surface area contributed by atoms with E-state index in [0.717, 1.165) is 22.5 Å². The Morgan fingerprint density at radius 2 is 1.18 bits per heavy atom. The number of hydrogen-bond acceptors (Lipinski definition) is 2. The highest BCUT2D eigenvalue weighted by molar-refractivity contribution is 7.26. The van der Waals surface area contributed by atoms with Gasteiger partial charge in [-0.2, -0.15) is 0 Å². The van der Waals surface area contributed by atoms with Gasteiger partial charge in [0.1, 0.15) is 0 Å². The van der Waals surface area contributed by atoms with Crippen molar-refractivity contribution in [2.75, 3.05) is 5.32 Å². The Morgan fingerprint density at radius 3 is 2.06 bits per heavy atom. The lowest BCUT2D eigenvalue weighted by Gasteiger charge is -2.12. The molecule has 0 saturated heterocycles. The number of hydrogen-bond donors (Lipinski definition) is 1. The van der Waals surface area contributed by atoms with E-state index >= 15 is 0 Å². The Balaban J connectivity index is 1.40. The number of thiophene rings is 1. The van der Waals surface area contributed by atoms with Crippen LogP contribution < -0.4 is 5.32 Å². The van der Waals surface area contributed by atoms with E-state index in [0.29, 0.717) is 5.02 Å². The van der Waals surface area contributed by atoms with Crippen LogP contribution in [0.25, 0.3) is 42.4 Å². The lowest BCUT2D eigenvalue weighted by Crippen LogP contribution is -1.92. The van der Waals surface area contributed by atoms with Gasteiger partial charge in [0, 0.05) is 15.5 Å². The molecule has 0 fully saturated rings. The molecule has 158 valence electrons. The standard InChI is InChI=1S/C30H20ClNS/c31-26-17-16-23(22-11-6-10-21(18-22)20-8-2-1-3-9-20)19-28(26)32-27-14-7-13-25-24-12-4-5-15-29(24)33-30(25)27/h1-19,32H. The van der Waals surface area contributed by atoms with Gasteiger partial charge < -0.3 is 5.32 Å². The predicted octanol–water partition coefficient (Wildman–Crippen LogP) is 9.79. The molecule has 33 heavy (non-hydrogen) atoms. The second-order valence-electron chi connectivity index (χ2n) is 8.05. The van der Waals surface area contributed by atoms with Crippen molar-refractivity contribution in [1.82, 2.24) is 0 Å². The molecule has 0 spiro atoms. The van der Waals surface area contributed by atoms with Crippen LogP contribution in [0.5, 0.6) is 0 Å². The van der Waals surface area contributed by atoms with Gasteiger partial charge >= 0.3 is 0 Å². The van der Waals surface area contributed by atoms with Gasteiger partial charge in [0.25, 0.3) is 0 Å². The summed E-state index contributed by atoms with van der Waals surface area (Å²) in [6.45, 7) is 0. The number of halogens is 1. The molecule has 0 aliphatic heterocycles. The normalized spacial score (nSPS) is 11.2. The fourth-order valence-electron chi connectivity index (χ4n) is 4.30. The monoisotopic (exact) mass is 461 g/mol. The molecule has 1 nitrogen and oxygen atoms in total. The van der Waals surface area contributed by atoms with Crippen molar-refractivity contribution in [1.29, 1.82) is 0 Å². The van der Waals surface area contributed by atoms with Crippen LogP contribution in [0.2, 0.25) is 5.02 Å². The summed E-state index contributed by atoms with van der Waals surface area (Å²) in [5.74, 6) is 0. The first-order chi connectivity index (χ1) is 16.3. The molecule has 1 heterocycles. The van der Waals surface area contributed by atoms with Crippen molar-refractivity contribution < 1.29 is 0 Å². The quantitative estimate of drug-likeness (QED) is 0.275. The minimum Gasteiger partial charge on any atom is -0.353 e. The number of anilines is 2. The molecule has 6 rings (SSSR count). The summed E-state index contributed by atoms with van der Waals surface area (Å²) >= 11 is 8.44. The van der Waals surface area contributed by atoms with Gasteiger partial charge in [0.05, 0.1) is 21.1 Å². The molecule has 0 bridgehead atoms. The number of fused-ring (bicyclic) bond motifs is 3. The van der Waals surface area contributed by atoms with E-state index in [1.165, 1.54) is 31.3 Å². The van der Waals surface area contributed by atoms with Crippen LogP contribution in [0.15, 0.2) is 115 Å². The minimum atomic E-state index is 0.705. The number of nitrogens with one attached hydrogen (secondary N) is 1. The van der Waals surface area contributed by atoms with Crippen LogP contribution in [0.4, 0.5) is 11.4 Å². The van der Waals surface area contributed by atoms with E-state index in [1.54, 1.807) is 0 Å². The highest BCUT2D eigenvalue weighted by Crippen LogP contribution is 2.40. The molecule has 0 aliphatic carbocycles. The van der Waals surface area contributed by atoms with E-state index in [2.05, 4.69) is 108 Å². The van der Waals surface area contributed by atoms with E-state index in [1.807, 2.05) is 23.5 Å². The Kier molecular flexibility index (Phi) is 5.10. The molecule has 0 amide bonds. The van der Waals surface area contributed by atoms with Crippen molar-refractivity contribution >= 4 is 54.5 Å². The third-order valence-corrected chi connectivity index (χ3v) is 7.49. The SMILES string of the molecule is Clc1ccc(-c2cccc(-c3ccccc3)c2)cc1Nc1cccc2c1sc1ccccc12. The van der Waals surface area contributed by atoms with E-state index < -0.39 is 0 Å². The molecule has 3 heteroatoms. The van der Waals surface area contributed by atoms with Crippen molar-refractivity contribution in [3.63, 3.8) is 0 Å². The third-order valence-electron chi connectivity index (χ3n) is 5.94. The summed E-state index contributed by atoms with van der Waals surface area (Å²) in [6, 6.07) is 40.2. The average Bonchev–Trinajstić information content (AvgIpc) is 3.26.